The van der Waals surface area contributed by atoms with Crippen LogP contribution in [-0.4, -0.2) is 18.6 Å². The van der Waals surface area contributed by atoms with Crippen molar-refractivity contribution in [3.63, 3.8) is 0 Å². The first-order valence-corrected chi connectivity index (χ1v) is 6.39. The second kappa shape index (κ2) is 3.80. The fraction of sp³-hybridized carbons (Fsp3) is 0.500. The van der Waals surface area contributed by atoms with Gasteiger partial charge >= 0.3 is 0 Å². The minimum atomic E-state index is 0.610. The molecule has 2 aliphatic rings. The molecule has 0 radical (unpaired) electrons. The van der Waals surface area contributed by atoms with Crippen LogP contribution in [-0.2, 0) is 6.42 Å². The average Bonchev–Trinajstić information content (AvgIpc) is 3.02. The highest BCUT2D eigenvalue weighted by molar-refractivity contribution is 9.10. The highest BCUT2D eigenvalue weighted by Gasteiger charge is 2.27. The number of anilines is 1. The Labute approximate surface area is 98.6 Å². The van der Waals surface area contributed by atoms with E-state index in [0.717, 1.165) is 19.0 Å². The summed E-state index contributed by atoms with van der Waals surface area (Å²) in [7, 11) is 0. The van der Waals surface area contributed by atoms with Gasteiger partial charge in [-0.25, -0.2) is 0 Å². The lowest BCUT2D eigenvalue weighted by molar-refractivity contribution is 0.514. The van der Waals surface area contributed by atoms with Gasteiger partial charge in [0, 0.05) is 23.1 Å². The maximum atomic E-state index is 3.68. The lowest BCUT2D eigenvalue weighted by Gasteiger charge is -2.27. The van der Waals surface area contributed by atoms with Crippen molar-refractivity contribution in [2.75, 3.05) is 11.9 Å². The van der Waals surface area contributed by atoms with Crippen molar-refractivity contribution in [2.24, 2.45) is 0 Å². The van der Waals surface area contributed by atoms with E-state index in [4.69, 9.17) is 0 Å². The van der Waals surface area contributed by atoms with Crippen molar-refractivity contribution in [2.45, 2.75) is 31.3 Å². The summed E-state index contributed by atoms with van der Waals surface area (Å²) in [6.07, 6.45) is 3.88. The molecule has 1 aliphatic carbocycles. The van der Waals surface area contributed by atoms with Crippen LogP contribution in [0.2, 0.25) is 0 Å². The van der Waals surface area contributed by atoms with E-state index in [0.29, 0.717) is 6.04 Å². The summed E-state index contributed by atoms with van der Waals surface area (Å²) in [6.45, 7) is 1.05. The second-order valence-electron chi connectivity index (χ2n) is 4.50. The molecule has 1 saturated carbocycles. The van der Waals surface area contributed by atoms with E-state index in [1.54, 1.807) is 0 Å². The van der Waals surface area contributed by atoms with Crippen LogP contribution in [0.5, 0.6) is 0 Å². The zero-order chi connectivity index (χ0) is 10.3. The Morgan fingerprint density at radius 2 is 2.13 bits per heavy atom. The molecule has 1 heterocycles. The third kappa shape index (κ3) is 2.04. The van der Waals surface area contributed by atoms with Crippen molar-refractivity contribution < 1.29 is 0 Å². The maximum absolute atomic E-state index is 3.68. The summed E-state index contributed by atoms with van der Waals surface area (Å²) < 4.78 is 1.19. The summed E-state index contributed by atoms with van der Waals surface area (Å²) in [5.41, 5.74) is 2.71. The zero-order valence-corrected chi connectivity index (χ0v) is 10.2. The van der Waals surface area contributed by atoms with Gasteiger partial charge < -0.3 is 10.6 Å². The standard InChI is InChI=1S/C12H15BrN2/c13-11-3-1-2-8-6-10(7-14-12(8)11)15-9-4-5-9/h1-3,9-10,14-15H,4-7H2. The van der Waals surface area contributed by atoms with E-state index in [1.807, 2.05) is 0 Å². The Morgan fingerprint density at radius 1 is 1.27 bits per heavy atom. The van der Waals surface area contributed by atoms with Crippen LogP contribution in [0.4, 0.5) is 5.69 Å². The summed E-state index contributed by atoms with van der Waals surface area (Å²) in [5, 5.41) is 7.18. The monoisotopic (exact) mass is 266 g/mol. The number of hydrogen-bond acceptors (Lipinski definition) is 2. The normalized spacial score (nSPS) is 24.5. The lowest BCUT2D eigenvalue weighted by Crippen LogP contribution is -2.41. The Bertz CT molecular complexity index is 374. The predicted molar refractivity (Wildman–Crippen MR) is 66.3 cm³/mol. The number of hydrogen-bond donors (Lipinski definition) is 2. The fourth-order valence-electron chi connectivity index (χ4n) is 2.20. The molecule has 0 bridgehead atoms. The number of nitrogens with one attached hydrogen (secondary N) is 2. The predicted octanol–water partition coefficient (Wildman–Crippen LogP) is 2.54. The van der Waals surface area contributed by atoms with Crippen LogP contribution < -0.4 is 10.6 Å². The van der Waals surface area contributed by atoms with Gasteiger partial charge in [0.25, 0.3) is 0 Å². The van der Waals surface area contributed by atoms with Crippen molar-refractivity contribution >= 4 is 21.6 Å². The van der Waals surface area contributed by atoms with Crippen molar-refractivity contribution in [1.82, 2.24) is 5.32 Å². The van der Waals surface area contributed by atoms with Gasteiger partial charge in [0.1, 0.15) is 0 Å². The van der Waals surface area contributed by atoms with E-state index >= 15 is 0 Å². The summed E-state index contributed by atoms with van der Waals surface area (Å²) in [6, 6.07) is 7.84. The minimum absolute atomic E-state index is 0.610. The van der Waals surface area contributed by atoms with E-state index in [1.165, 1.54) is 28.6 Å². The van der Waals surface area contributed by atoms with E-state index < -0.39 is 0 Å². The van der Waals surface area contributed by atoms with E-state index in [-0.39, 0.29) is 0 Å². The van der Waals surface area contributed by atoms with Crippen LogP contribution in [0, 0.1) is 0 Å². The van der Waals surface area contributed by atoms with Crippen LogP contribution >= 0.6 is 15.9 Å². The Balaban J connectivity index is 1.77. The van der Waals surface area contributed by atoms with Gasteiger partial charge in [-0.15, -0.1) is 0 Å². The molecule has 0 spiro atoms. The molecule has 1 unspecified atom stereocenters. The Morgan fingerprint density at radius 3 is 2.93 bits per heavy atom. The molecule has 0 saturated heterocycles. The smallest absolute Gasteiger partial charge is 0.0518 e. The number of para-hydroxylation sites is 1. The van der Waals surface area contributed by atoms with Gasteiger partial charge in [-0.1, -0.05) is 12.1 Å². The number of benzene rings is 1. The van der Waals surface area contributed by atoms with Crippen LogP contribution in [0.3, 0.4) is 0 Å². The first-order chi connectivity index (χ1) is 7.33. The van der Waals surface area contributed by atoms with Crippen LogP contribution in [0.1, 0.15) is 18.4 Å². The Kier molecular flexibility index (Phi) is 2.45. The molecule has 0 amide bonds. The zero-order valence-electron chi connectivity index (χ0n) is 8.59. The van der Waals surface area contributed by atoms with Crippen molar-refractivity contribution in [3.8, 4) is 0 Å². The number of halogens is 1. The molecule has 2 nitrogen and oxygen atoms in total. The topological polar surface area (TPSA) is 24.1 Å². The molecule has 1 aliphatic heterocycles. The molecule has 80 valence electrons. The van der Waals surface area contributed by atoms with Gasteiger partial charge in [-0.2, -0.15) is 0 Å². The highest BCUT2D eigenvalue weighted by Crippen LogP contribution is 2.31. The van der Waals surface area contributed by atoms with Gasteiger partial charge in [0.2, 0.25) is 0 Å². The van der Waals surface area contributed by atoms with E-state index in [9.17, 15) is 0 Å². The molecule has 1 aromatic rings. The lowest BCUT2D eigenvalue weighted by atomic mass is 10.00. The number of fused-ring (bicyclic) bond motifs is 1. The first-order valence-electron chi connectivity index (χ1n) is 5.60. The molecule has 1 atom stereocenters. The molecule has 1 aromatic carbocycles. The van der Waals surface area contributed by atoms with Gasteiger partial charge in [0.15, 0.2) is 0 Å². The largest absolute Gasteiger partial charge is 0.382 e. The third-order valence-electron chi connectivity index (χ3n) is 3.14. The molecule has 3 rings (SSSR count). The quantitative estimate of drug-likeness (QED) is 0.860. The molecule has 1 fully saturated rings. The van der Waals surface area contributed by atoms with Crippen LogP contribution in [0.15, 0.2) is 22.7 Å². The van der Waals surface area contributed by atoms with Gasteiger partial charge in [-0.05, 0) is 46.8 Å². The molecule has 2 N–H and O–H groups in total. The minimum Gasteiger partial charge on any atom is -0.382 e. The molecular formula is C12H15BrN2. The summed E-state index contributed by atoms with van der Waals surface area (Å²) >= 11 is 3.58. The van der Waals surface area contributed by atoms with Crippen molar-refractivity contribution in [1.29, 1.82) is 0 Å². The van der Waals surface area contributed by atoms with Crippen molar-refractivity contribution in [3.05, 3.63) is 28.2 Å². The fourth-order valence-corrected chi connectivity index (χ4v) is 2.75. The van der Waals surface area contributed by atoms with E-state index in [2.05, 4.69) is 44.8 Å². The summed E-state index contributed by atoms with van der Waals surface area (Å²) in [5.74, 6) is 0. The summed E-state index contributed by atoms with van der Waals surface area (Å²) in [4.78, 5) is 0. The highest BCUT2D eigenvalue weighted by atomic mass is 79.9. The van der Waals surface area contributed by atoms with Crippen LogP contribution in [0.25, 0.3) is 0 Å². The average molecular weight is 267 g/mol. The van der Waals surface area contributed by atoms with Gasteiger partial charge in [-0.3, -0.25) is 0 Å². The van der Waals surface area contributed by atoms with Gasteiger partial charge in [0.05, 0.1) is 5.69 Å². The second-order valence-corrected chi connectivity index (χ2v) is 5.35. The maximum Gasteiger partial charge on any atom is 0.0518 e. The molecule has 0 aromatic heterocycles. The SMILES string of the molecule is Brc1cccc2c1NCC(NC1CC1)C2. The Hall–Kier alpha value is -0.540. The first kappa shape index (κ1) is 9.67. The molecule has 3 heteroatoms. The molecule has 15 heavy (non-hydrogen) atoms. The molecular weight excluding hydrogens is 252 g/mol. The number of rotatable bonds is 2. The third-order valence-corrected chi connectivity index (χ3v) is 3.80.